The summed E-state index contributed by atoms with van der Waals surface area (Å²) in [5.74, 6) is 2.40. The van der Waals surface area contributed by atoms with E-state index in [9.17, 15) is 4.57 Å². The molecule has 1 nitrogen and oxygen atoms in total. The van der Waals surface area contributed by atoms with Crippen molar-refractivity contribution in [2.24, 2.45) is 17.8 Å². The van der Waals surface area contributed by atoms with E-state index in [1.165, 1.54) is 12.8 Å². The molecule has 0 aromatic heterocycles. The summed E-state index contributed by atoms with van der Waals surface area (Å²) in [6.07, 6.45) is 4.48. The van der Waals surface area contributed by atoms with E-state index in [1.807, 2.05) is 0 Å². The molecule has 0 aromatic rings. The molecule has 0 atom stereocenters. The predicted molar refractivity (Wildman–Crippen MR) is 59.5 cm³/mol. The van der Waals surface area contributed by atoms with Gasteiger partial charge >= 0.3 is 0 Å². The highest BCUT2D eigenvalue weighted by Crippen LogP contribution is 2.26. The molecule has 0 spiro atoms. The average Bonchev–Trinajstić information content (AvgIpc) is 2.02. The van der Waals surface area contributed by atoms with E-state index in [0.717, 1.165) is 30.3 Å². The third kappa shape index (κ3) is 6.21. The van der Waals surface area contributed by atoms with Crippen LogP contribution >= 0.6 is 8.46 Å². The summed E-state index contributed by atoms with van der Waals surface area (Å²) in [7, 11) is 0.310. The lowest BCUT2D eigenvalue weighted by atomic mass is 9.82. The largest absolute Gasteiger partial charge is 0.275 e. The van der Waals surface area contributed by atoms with Crippen LogP contribution < -0.4 is 0 Å². The van der Waals surface area contributed by atoms with Gasteiger partial charge in [0, 0.05) is 6.16 Å². The normalized spacial score (nSPS) is 12.2. The molecule has 13 heavy (non-hydrogen) atoms. The van der Waals surface area contributed by atoms with E-state index in [-0.39, 0.29) is 0 Å². The molecular weight excluding hydrogens is 179 g/mol. The minimum Gasteiger partial charge on any atom is -0.275 e. The Balaban J connectivity index is 3.63. The fourth-order valence-electron chi connectivity index (χ4n) is 1.99. The maximum absolute atomic E-state index is 10.2. The van der Waals surface area contributed by atoms with Crippen LogP contribution in [0.4, 0.5) is 0 Å². The molecule has 78 valence electrons. The van der Waals surface area contributed by atoms with Gasteiger partial charge < -0.3 is 0 Å². The maximum Gasteiger partial charge on any atom is 0.155 e. The van der Waals surface area contributed by atoms with Gasteiger partial charge in [0.1, 0.15) is 0 Å². The summed E-state index contributed by atoms with van der Waals surface area (Å²) in [6, 6.07) is 0. The molecular formula is C11H23OP. The first-order valence-electron chi connectivity index (χ1n) is 5.38. The zero-order chi connectivity index (χ0) is 10.3. The Kier molecular flexibility index (Phi) is 7.56. The van der Waals surface area contributed by atoms with Crippen LogP contribution in [-0.4, -0.2) is 6.16 Å². The highest BCUT2D eigenvalue weighted by molar-refractivity contribution is 7.23. The molecule has 0 saturated carbocycles. The Labute approximate surface area is 84.5 Å². The topological polar surface area (TPSA) is 17.1 Å². The van der Waals surface area contributed by atoms with Crippen LogP contribution in [0.15, 0.2) is 0 Å². The smallest absolute Gasteiger partial charge is 0.155 e. The van der Waals surface area contributed by atoms with Crippen molar-refractivity contribution in [3.63, 3.8) is 0 Å². The molecule has 0 aliphatic rings. The van der Waals surface area contributed by atoms with Crippen LogP contribution in [0.25, 0.3) is 0 Å². The van der Waals surface area contributed by atoms with E-state index >= 15 is 0 Å². The van der Waals surface area contributed by atoms with Gasteiger partial charge in [0.15, 0.2) is 8.46 Å². The molecule has 0 N–H and O–H groups in total. The van der Waals surface area contributed by atoms with Gasteiger partial charge in [-0.15, -0.1) is 0 Å². The number of unbranched alkanes of at least 4 members (excludes halogenated alkanes) is 1. The second-order valence-corrected chi connectivity index (χ2v) is 5.21. The van der Waals surface area contributed by atoms with Crippen molar-refractivity contribution in [3.05, 3.63) is 0 Å². The molecule has 0 heterocycles. The zero-order valence-electron chi connectivity index (χ0n) is 9.42. The van der Waals surface area contributed by atoms with E-state index in [2.05, 4.69) is 27.7 Å². The quantitative estimate of drug-likeness (QED) is 0.442. The SMILES string of the molecule is CC(C)C(CCCCP=O)C(C)C. The first kappa shape index (κ1) is 13.1. The molecule has 0 rings (SSSR count). The Bertz CT molecular complexity index is 124. The monoisotopic (exact) mass is 202 g/mol. The highest BCUT2D eigenvalue weighted by atomic mass is 31.1. The molecule has 0 unspecified atom stereocenters. The minimum atomic E-state index is 0.310. The highest BCUT2D eigenvalue weighted by Gasteiger charge is 2.16. The molecule has 0 aromatic carbocycles. The van der Waals surface area contributed by atoms with Gasteiger partial charge in [-0.3, -0.25) is 4.57 Å². The van der Waals surface area contributed by atoms with Crippen molar-refractivity contribution in [3.8, 4) is 0 Å². The minimum absolute atomic E-state index is 0.310. The molecule has 0 bridgehead atoms. The Morgan fingerprint density at radius 3 is 1.92 bits per heavy atom. The Morgan fingerprint density at radius 1 is 1.00 bits per heavy atom. The van der Waals surface area contributed by atoms with Crippen LogP contribution in [0.5, 0.6) is 0 Å². The number of hydrogen-bond acceptors (Lipinski definition) is 1. The van der Waals surface area contributed by atoms with Crippen molar-refractivity contribution in [2.75, 3.05) is 6.16 Å². The van der Waals surface area contributed by atoms with Crippen LogP contribution in [0.2, 0.25) is 0 Å². The molecule has 0 saturated heterocycles. The van der Waals surface area contributed by atoms with Gasteiger partial charge in [-0.05, 0) is 30.6 Å². The second-order valence-electron chi connectivity index (χ2n) is 4.50. The lowest BCUT2D eigenvalue weighted by molar-refractivity contribution is 0.263. The van der Waals surface area contributed by atoms with Crippen LogP contribution in [0.3, 0.4) is 0 Å². The summed E-state index contributed by atoms with van der Waals surface area (Å²) in [4.78, 5) is 0. The van der Waals surface area contributed by atoms with Crippen molar-refractivity contribution < 1.29 is 4.57 Å². The molecule has 0 fully saturated rings. The fraction of sp³-hybridized carbons (Fsp3) is 1.00. The van der Waals surface area contributed by atoms with Gasteiger partial charge in [-0.2, -0.15) is 0 Å². The summed E-state index contributed by atoms with van der Waals surface area (Å²) in [5, 5.41) is 0. The Morgan fingerprint density at radius 2 is 1.54 bits per heavy atom. The first-order chi connectivity index (χ1) is 6.09. The fourth-order valence-corrected chi connectivity index (χ4v) is 2.35. The van der Waals surface area contributed by atoms with Crippen LogP contribution in [0.1, 0.15) is 47.0 Å². The van der Waals surface area contributed by atoms with Crippen molar-refractivity contribution in [2.45, 2.75) is 47.0 Å². The zero-order valence-corrected chi connectivity index (χ0v) is 10.3. The lowest BCUT2D eigenvalue weighted by Gasteiger charge is -2.24. The van der Waals surface area contributed by atoms with E-state index < -0.39 is 0 Å². The molecule has 0 aliphatic carbocycles. The molecule has 2 heteroatoms. The van der Waals surface area contributed by atoms with E-state index in [0.29, 0.717) is 8.46 Å². The Hall–Kier alpha value is 0.100. The van der Waals surface area contributed by atoms with Crippen LogP contribution in [0, 0.1) is 17.8 Å². The van der Waals surface area contributed by atoms with Crippen molar-refractivity contribution in [1.29, 1.82) is 0 Å². The molecule has 0 aliphatic heterocycles. The number of hydrogen-bond donors (Lipinski definition) is 0. The summed E-state index contributed by atoms with van der Waals surface area (Å²) in [6.45, 7) is 9.21. The predicted octanol–water partition coefficient (Wildman–Crippen LogP) is 4.38. The molecule has 0 amide bonds. The van der Waals surface area contributed by atoms with E-state index in [1.54, 1.807) is 0 Å². The van der Waals surface area contributed by atoms with Gasteiger partial charge in [0.2, 0.25) is 0 Å². The average molecular weight is 202 g/mol. The van der Waals surface area contributed by atoms with Crippen molar-refractivity contribution in [1.82, 2.24) is 0 Å². The third-order valence-corrected chi connectivity index (χ3v) is 3.25. The summed E-state index contributed by atoms with van der Waals surface area (Å²) >= 11 is 0. The molecule has 0 radical (unpaired) electrons. The van der Waals surface area contributed by atoms with Gasteiger partial charge in [0.05, 0.1) is 0 Å². The number of rotatable bonds is 7. The summed E-state index contributed by atoms with van der Waals surface area (Å²) < 4.78 is 10.2. The van der Waals surface area contributed by atoms with Gasteiger partial charge in [-0.1, -0.05) is 34.1 Å². The second kappa shape index (κ2) is 7.50. The first-order valence-corrected chi connectivity index (χ1v) is 6.38. The van der Waals surface area contributed by atoms with E-state index in [4.69, 9.17) is 0 Å². The third-order valence-electron chi connectivity index (χ3n) is 2.75. The lowest BCUT2D eigenvalue weighted by Crippen LogP contribution is -2.15. The summed E-state index contributed by atoms with van der Waals surface area (Å²) in [5.41, 5.74) is 0. The standard InChI is InChI=1S/C11H23OP/c1-9(2)11(10(3)4)7-5-6-8-13-12/h9-11H,5-8H2,1-4H3. The van der Waals surface area contributed by atoms with Crippen LogP contribution in [-0.2, 0) is 4.57 Å². The van der Waals surface area contributed by atoms with Gasteiger partial charge in [-0.25, -0.2) is 0 Å². The van der Waals surface area contributed by atoms with Crippen molar-refractivity contribution >= 4 is 8.46 Å². The van der Waals surface area contributed by atoms with Gasteiger partial charge in [0.25, 0.3) is 0 Å². The maximum atomic E-state index is 10.2.